The van der Waals surface area contributed by atoms with Crippen molar-refractivity contribution in [2.24, 2.45) is 0 Å². The molecule has 1 aromatic heterocycles. The molecule has 0 atom stereocenters. The number of hydrogen-bond donors (Lipinski definition) is 2. The van der Waals surface area contributed by atoms with Crippen molar-refractivity contribution >= 4 is 16.8 Å². The lowest BCUT2D eigenvalue weighted by molar-refractivity contribution is 0.0870. The Hall–Kier alpha value is -1.88. The van der Waals surface area contributed by atoms with Crippen molar-refractivity contribution in [1.29, 1.82) is 0 Å². The van der Waals surface area contributed by atoms with E-state index < -0.39 is 0 Å². The summed E-state index contributed by atoms with van der Waals surface area (Å²) in [6.45, 7) is 0.698. The predicted octanol–water partition coefficient (Wildman–Crippen LogP) is 2.95. The maximum atomic E-state index is 12.7. The molecule has 0 radical (unpaired) electrons. The second-order valence-corrected chi connectivity index (χ2v) is 6.86. The fourth-order valence-electron chi connectivity index (χ4n) is 3.67. The van der Waals surface area contributed by atoms with Crippen molar-refractivity contribution in [2.45, 2.75) is 44.1 Å². The Labute approximate surface area is 137 Å². The highest BCUT2D eigenvalue weighted by molar-refractivity contribution is 6.05. The normalized spacial score (nSPS) is 18.0. The highest BCUT2D eigenvalue weighted by atomic mass is 16.1. The van der Waals surface area contributed by atoms with Gasteiger partial charge in [-0.25, -0.2) is 0 Å². The van der Waals surface area contributed by atoms with E-state index in [4.69, 9.17) is 0 Å². The van der Waals surface area contributed by atoms with Crippen LogP contribution in [0.3, 0.4) is 0 Å². The Balaban J connectivity index is 1.75. The van der Waals surface area contributed by atoms with Crippen LogP contribution in [0.1, 0.15) is 48.9 Å². The first-order chi connectivity index (χ1) is 11.1. The first-order valence-electron chi connectivity index (χ1n) is 8.50. The van der Waals surface area contributed by atoms with Crippen molar-refractivity contribution in [3.63, 3.8) is 0 Å². The first-order valence-corrected chi connectivity index (χ1v) is 8.50. The summed E-state index contributed by atoms with van der Waals surface area (Å²) in [5, 5.41) is 11.1. The minimum atomic E-state index is -0.0229. The smallest absolute Gasteiger partial charge is 0.253 e. The van der Waals surface area contributed by atoms with Crippen molar-refractivity contribution < 1.29 is 4.79 Å². The van der Waals surface area contributed by atoms with Crippen LogP contribution >= 0.6 is 0 Å². The van der Waals surface area contributed by atoms with Crippen molar-refractivity contribution in [3.8, 4) is 0 Å². The molecular formula is C18H26N4O. The summed E-state index contributed by atoms with van der Waals surface area (Å²) in [5.41, 5.74) is 1.56. The van der Waals surface area contributed by atoms with Gasteiger partial charge >= 0.3 is 0 Å². The molecule has 1 aliphatic carbocycles. The maximum absolute atomic E-state index is 12.7. The minimum Gasteiger partial charge on any atom is -0.350 e. The lowest BCUT2D eigenvalue weighted by atomic mass is 9.88. The van der Waals surface area contributed by atoms with Crippen LogP contribution in [-0.4, -0.2) is 47.2 Å². The standard InChI is InChI=1S/C18H26N4O/c1-22(2)18(10-5-3-4-6-11-18)13-19-17(23)15-9-7-8-14-12-20-21-16(14)15/h7-9,12H,3-6,10-11,13H2,1-2H3,(H,19,23)(H,20,21). The number of fused-ring (bicyclic) bond motifs is 1. The molecule has 2 aromatic rings. The van der Waals surface area contributed by atoms with Gasteiger partial charge in [-0.3, -0.25) is 9.89 Å². The minimum absolute atomic E-state index is 0.0229. The molecule has 1 saturated carbocycles. The lowest BCUT2D eigenvalue weighted by Crippen LogP contribution is -2.52. The van der Waals surface area contributed by atoms with Crippen molar-refractivity contribution in [2.75, 3.05) is 20.6 Å². The number of carbonyl (C=O) groups is 1. The molecular weight excluding hydrogens is 288 g/mol. The number of likely N-dealkylation sites (N-methyl/N-ethyl adjacent to an activating group) is 1. The van der Waals surface area contributed by atoms with Crippen molar-refractivity contribution in [3.05, 3.63) is 30.0 Å². The van der Waals surface area contributed by atoms with Crippen LogP contribution < -0.4 is 5.32 Å². The topological polar surface area (TPSA) is 61.0 Å². The molecule has 0 spiro atoms. The van der Waals surface area contributed by atoms with Crippen LogP contribution in [0.5, 0.6) is 0 Å². The lowest BCUT2D eigenvalue weighted by Gasteiger charge is -2.39. The van der Waals surface area contributed by atoms with Gasteiger partial charge in [-0.1, -0.05) is 37.8 Å². The Morgan fingerprint density at radius 1 is 1.26 bits per heavy atom. The van der Waals surface area contributed by atoms with E-state index in [0.717, 1.165) is 23.7 Å². The molecule has 23 heavy (non-hydrogen) atoms. The third-order valence-electron chi connectivity index (χ3n) is 5.28. The van der Waals surface area contributed by atoms with E-state index in [1.165, 1.54) is 25.7 Å². The van der Waals surface area contributed by atoms with E-state index in [9.17, 15) is 4.79 Å². The number of aromatic amines is 1. The highest BCUT2D eigenvalue weighted by Gasteiger charge is 2.33. The predicted molar refractivity (Wildman–Crippen MR) is 92.5 cm³/mol. The molecule has 0 saturated heterocycles. The summed E-state index contributed by atoms with van der Waals surface area (Å²) in [6.07, 6.45) is 9.13. The molecule has 1 fully saturated rings. The van der Waals surface area contributed by atoms with Crippen LogP contribution in [0, 0.1) is 0 Å². The molecule has 2 N–H and O–H groups in total. The Morgan fingerprint density at radius 3 is 2.70 bits per heavy atom. The van der Waals surface area contributed by atoms with Gasteiger partial charge in [0.15, 0.2) is 0 Å². The van der Waals surface area contributed by atoms with E-state index in [0.29, 0.717) is 12.1 Å². The maximum Gasteiger partial charge on any atom is 0.253 e. The van der Waals surface area contributed by atoms with E-state index >= 15 is 0 Å². The van der Waals surface area contributed by atoms with E-state index in [-0.39, 0.29) is 11.4 Å². The fourth-order valence-corrected chi connectivity index (χ4v) is 3.67. The number of nitrogens with one attached hydrogen (secondary N) is 2. The molecule has 1 heterocycles. The van der Waals surface area contributed by atoms with Gasteiger partial charge in [0.25, 0.3) is 5.91 Å². The summed E-state index contributed by atoms with van der Waals surface area (Å²) < 4.78 is 0. The van der Waals surface area contributed by atoms with Crippen LogP contribution in [0.25, 0.3) is 10.9 Å². The Kier molecular flexibility index (Phi) is 4.66. The average Bonchev–Trinajstić information content (AvgIpc) is 2.89. The number of amides is 1. The van der Waals surface area contributed by atoms with E-state index in [2.05, 4.69) is 34.5 Å². The molecule has 1 amide bonds. The number of hydrogen-bond acceptors (Lipinski definition) is 3. The van der Waals surface area contributed by atoms with Crippen LogP contribution in [0.2, 0.25) is 0 Å². The molecule has 5 heteroatoms. The van der Waals surface area contributed by atoms with Crippen molar-refractivity contribution in [1.82, 2.24) is 20.4 Å². The van der Waals surface area contributed by atoms with E-state index in [1.807, 2.05) is 18.2 Å². The summed E-state index contributed by atoms with van der Waals surface area (Å²) in [7, 11) is 4.26. The number of para-hydroxylation sites is 1. The zero-order valence-corrected chi connectivity index (χ0v) is 14.1. The Morgan fingerprint density at radius 2 is 2.00 bits per heavy atom. The number of rotatable bonds is 4. The van der Waals surface area contributed by atoms with Crippen LogP contribution in [0.15, 0.2) is 24.4 Å². The van der Waals surface area contributed by atoms with Gasteiger partial charge in [0.2, 0.25) is 0 Å². The molecule has 0 unspecified atom stereocenters. The second-order valence-electron chi connectivity index (χ2n) is 6.86. The average molecular weight is 314 g/mol. The van der Waals surface area contributed by atoms with E-state index in [1.54, 1.807) is 6.20 Å². The number of H-pyrrole nitrogens is 1. The molecule has 124 valence electrons. The quantitative estimate of drug-likeness (QED) is 0.853. The Bertz CT molecular complexity index is 668. The number of aromatic nitrogens is 2. The summed E-state index contributed by atoms with van der Waals surface area (Å²) in [5.74, 6) is -0.0229. The van der Waals surface area contributed by atoms with Gasteiger partial charge in [0, 0.05) is 17.5 Å². The van der Waals surface area contributed by atoms with Crippen LogP contribution in [0.4, 0.5) is 0 Å². The molecule has 0 aliphatic heterocycles. The zero-order chi connectivity index (χ0) is 16.3. The van der Waals surface area contributed by atoms with Gasteiger partial charge in [0.1, 0.15) is 0 Å². The number of benzene rings is 1. The molecule has 0 bridgehead atoms. The SMILES string of the molecule is CN(C)C1(CNC(=O)c2cccc3cn[nH]c23)CCCCCC1. The third kappa shape index (κ3) is 3.24. The monoisotopic (exact) mass is 314 g/mol. The molecule has 1 aliphatic rings. The van der Waals surface area contributed by atoms with Gasteiger partial charge in [-0.2, -0.15) is 5.10 Å². The molecule has 5 nitrogen and oxygen atoms in total. The van der Waals surface area contributed by atoms with Gasteiger partial charge in [-0.05, 0) is 33.0 Å². The highest BCUT2D eigenvalue weighted by Crippen LogP contribution is 2.30. The molecule has 1 aromatic carbocycles. The van der Waals surface area contributed by atoms with Crippen LogP contribution in [-0.2, 0) is 0 Å². The second kappa shape index (κ2) is 6.71. The number of carbonyl (C=O) groups excluding carboxylic acids is 1. The third-order valence-corrected chi connectivity index (χ3v) is 5.28. The summed E-state index contributed by atoms with van der Waals surface area (Å²) in [6, 6.07) is 5.72. The fraction of sp³-hybridized carbons (Fsp3) is 0.556. The first kappa shape index (κ1) is 16.0. The zero-order valence-electron chi connectivity index (χ0n) is 14.1. The molecule has 3 rings (SSSR count). The summed E-state index contributed by atoms with van der Waals surface area (Å²) >= 11 is 0. The number of nitrogens with zero attached hydrogens (tertiary/aromatic N) is 2. The summed E-state index contributed by atoms with van der Waals surface area (Å²) in [4.78, 5) is 15.0. The van der Waals surface area contributed by atoms with Gasteiger partial charge in [-0.15, -0.1) is 0 Å². The van der Waals surface area contributed by atoms with Gasteiger partial charge < -0.3 is 10.2 Å². The largest absolute Gasteiger partial charge is 0.350 e. The van der Waals surface area contributed by atoms with Gasteiger partial charge in [0.05, 0.1) is 17.3 Å².